The van der Waals surface area contributed by atoms with Gasteiger partial charge in [0.15, 0.2) is 0 Å². The van der Waals surface area contributed by atoms with Crippen molar-refractivity contribution in [3.05, 3.63) is 65.0 Å². The summed E-state index contributed by atoms with van der Waals surface area (Å²) in [5.74, 6) is 4.91. The maximum Gasteiger partial charge on any atom is 0.255 e. The minimum atomic E-state index is -0.390. The predicted molar refractivity (Wildman–Crippen MR) is 81.5 cm³/mol. The van der Waals surface area contributed by atoms with Crippen LogP contribution >= 0.6 is 0 Å². The molecule has 0 aliphatic heterocycles. The van der Waals surface area contributed by atoms with E-state index in [4.69, 9.17) is 5.73 Å². The van der Waals surface area contributed by atoms with Gasteiger partial charge < -0.3 is 11.1 Å². The molecule has 0 atom stereocenters. The second-order valence-electron chi connectivity index (χ2n) is 4.50. The topological polar surface area (TPSA) is 55.1 Å². The lowest BCUT2D eigenvalue weighted by Gasteiger charge is -2.08. The Labute approximate surface area is 123 Å². The van der Waals surface area contributed by atoms with Crippen LogP contribution in [-0.4, -0.2) is 12.5 Å². The van der Waals surface area contributed by atoms with Crippen LogP contribution in [0.1, 0.15) is 21.5 Å². The third-order valence-electron chi connectivity index (χ3n) is 2.91. The van der Waals surface area contributed by atoms with Gasteiger partial charge in [-0.05, 0) is 42.8 Å². The average molecular weight is 282 g/mol. The number of nitrogens with one attached hydrogen (secondary N) is 1. The van der Waals surface area contributed by atoms with Crippen molar-refractivity contribution in [2.24, 2.45) is 5.73 Å². The Hall–Kier alpha value is -2.64. The summed E-state index contributed by atoms with van der Waals surface area (Å²) in [4.78, 5) is 12.2. The molecule has 0 fully saturated rings. The summed E-state index contributed by atoms with van der Waals surface area (Å²) >= 11 is 0. The standard InChI is InChI=1S/C17H15FN2O/c1-12-7-8-15(18)11-16(12)20-17(21)14-6-2-4-13(10-14)5-3-9-19/h2,4,6-8,10-11H,9,19H2,1H3,(H,20,21). The minimum absolute atomic E-state index is 0.263. The Balaban J connectivity index is 2.22. The van der Waals surface area contributed by atoms with E-state index >= 15 is 0 Å². The molecule has 1 amide bonds. The average Bonchev–Trinajstić information content (AvgIpc) is 2.49. The first-order valence-corrected chi connectivity index (χ1v) is 6.46. The predicted octanol–water partition coefficient (Wildman–Crippen LogP) is 2.70. The van der Waals surface area contributed by atoms with E-state index in [2.05, 4.69) is 17.2 Å². The molecule has 4 heteroatoms. The van der Waals surface area contributed by atoms with E-state index in [1.807, 2.05) is 0 Å². The number of amides is 1. The van der Waals surface area contributed by atoms with E-state index in [0.29, 0.717) is 16.8 Å². The number of carbonyl (C=O) groups excluding carboxylic acids is 1. The van der Waals surface area contributed by atoms with Gasteiger partial charge in [-0.3, -0.25) is 4.79 Å². The van der Waals surface area contributed by atoms with Crippen LogP contribution in [0.4, 0.5) is 10.1 Å². The molecule has 0 bridgehead atoms. The van der Waals surface area contributed by atoms with Crippen molar-refractivity contribution in [1.29, 1.82) is 0 Å². The van der Waals surface area contributed by atoms with Crippen molar-refractivity contribution in [2.75, 3.05) is 11.9 Å². The van der Waals surface area contributed by atoms with E-state index in [-0.39, 0.29) is 12.5 Å². The van der Waals surface area contributed by atoms with Gasteiger partial charge in [0, 0.05) is 16.8 Å². The van der Waals surface area contributed by atoms with Gasteiger partial charge in [0.05, 0.1) is 6.54 Å². The molecule has 0 aromatic heterocycles. The lowest BCUT2D eigenvalue weighted by molar-refractivity contribution is 0.102. The first-order valence-electron chi connectivity index (χ1n) is 6.46. The first-order chi connectivity index (χ1) is 10.1. The summed E-state index contributed by atoms with van der Waals surface area (Å²) in [6, 6.07) is 11.2. The van der Waals surface area contributed by atoms with Gasteiger partial charge in [-0.2, -0.15) is 0 Å². The molecular weight excluding hydrogens is 267 g/mol. The third-order valence-corrected chi connectivity index (χ3v) is 2.91. The molecule has 2 aromatic rings. The van der Waals surface area contributed by atoms with Gasteiger partial charge in [-0.15, -0.1) is 0 Å². The summed E-state index contributed by atoms with van der Waals surface area (Å²) in [6.45, 7) is 2.07. The van der Waals surface area contributed by atoms with Crippen molar-refractivity contribution >= 4 is 11.6 Å². The lowest BCUT2D eigenvalue weighted by Crippen LogP contribution is -2.13. The molecule has 0 spiro atoms. The number of halogens is 1. The number of nitrogens with two attached hydrogens (primary N) is 1. The summed E-state index contributed by atoms with van der Waals surface area (Å²) in [6.07, 6.45) is 0. The number of benzene rings is 2. The highest BCUT2D eigenvalue weighted by molar-refractivity contribution is 6.04. The van der Waals surface area contributed by atoms with E-state index < -0.39 is 5.82 Å². The molecule has 0 saturated heterocycles. The maximum absolute atomic E-state index is 13.2. The van der Waals surface area contributed by atoms with Crippen LogP contribution in [0.15, 0.2) is 42.5 Å². The van der Waals surface area contributed by atoms with Crippen LogP contribution in [0.5, 0.6) is 0 Å². The zero-order valence-corrected chi connectivity index (χ0v) is 11.6. The summed E-state index contributed by atoms with van der Waals surface area (Å²) < 4.78 is 13.2. The SMILES string of the molecule is Cc1ccc(F)cc1NC(=O)c1cccc(C#CCN)c1. The van der Waals surface area contributed by atoms with Crippen molar-refractivity contribution in [3.8, 4) is 11.8 Å². The van der Waals surface area contributed by atoms with Crippen molar-refractivity contribution < 1.29 is 9.18 Å². The Morgan fingerprint density at radius 1 is 1.29 bits per heavy atom. The van der Waals surface area contributed by atoms with Crippen molar-refractivity contribution in [3.63, 3.8) is 0 Å². The van der Waals surface area contributed by atoms with Crippen LogP contribution in [0.2, 0.25) is 0 Å². The zero-order valence-electron chi connectivity index (χ0n) is 11.6. The number of hydrogen-bond donors (Lipinski definition) is 2. The molecule has 0 aliphatic carbocycles. The molecule has 0 radical (unpaired) electrons. The minimum Gasteiger partial charge on any atom is -0.322 e. The second-order valence-corrected chi connectivity index (χ2v) is 4.50. The quantitative estimate of drug-likeness (QED) is 0.832. The fourth-order valence-corrected chi connectivity index (χ4v) is 1.81. The van der Waals surface area contributed by atoms with E-state index in [0.717, 1.165) is 5.56 Å². The lowest BCUT2D eigenvalue weighted by atomic mass is 10.1. The van der Waals surface area contributed by atoms with Crippen LogP contribution in [0.3, 0.4) is 0 Å². The van der Waals surface area contributed by atoms with E-state index in [1.54, 1.807) is 37.3 Å². The van der Waals surface area contributed by atoms with Gasteiger partial charge in [0.25, 0.3) is 5.91 Å². The molecule has 21 heavy (non-hydrogen) atoms. The van der Waals surface area contributed by atoms with Crippen LogP contribution in [0, 0.1) is 24.6 Å². The highest BCUT2D eigenvalue weighted by Gasteiger charge is 2.08. The van der Waals surface area contributed by atoms with E-state index in [1.165, 1.54) is 12.1 Å². The largest absolute Gasteiger partial charge is 0.322 e. The molecule has 0 heterocycles. The molecule has 106 valence electrons. The molecule has 3 N–H and O–H groups in total. The van der Waals surface area contributed by atoms with Gasteiger partial charge in [0.2, 0.25) is 0 Å². The summed E-state index contributed by atoms with van der Waals surface area (Å²) in [7, 11) is 0. The highest BCUT2D eigenvalue weighted by Crippen LogP contribution is 2.17. The van der Waals surface area contributed by atoms with Crippen LogP contribution in [0.25, 0.3) is 0 Å². The molecule has 0 aliphatic rings. The Bertz CT molecular complexity index is 729. The summed E-state index contributed by atoms with van der Waals surface area (Å²) in [5.41, 5.74) is 7.74. The molecule has 3 nitrogen and oxygen atoms in total. The molecule has 2 aromatic carbocycles. The fourth-order valence-electron chi connectivity index (χ4n) is 1.81. The Morgan fingerprint density at radius 3 is 2.86 bits per heavy atom. The number of aryl methyl sites for hydroxylation is 1. The van der Waals surface area contributed by atoms with Gasteiger partial charge in [0.1, 0.15) is 5.82 Å². The van der Waals surface area contributed by atoms with Crippen molar-refractivity contribution in [1.82, 2.24) is 0 Å². The monoisotopic (exact) mass is 282 g/mol. The number of rotatable bonds is 2. The fraction of sp³-hybridized carbons (Fsp3) is 0.118. The normalized spacial score (nSPS) is 9.67. The maximum atomic E-state index is 13.2. The van der Waals surface area contributed by atoms with Gasteiger partial charge in [-0.25, -0.2) is 4.39 Å². The second kappa shape index (κ2) is 6.69. The molecule has 2 rings (SSSR count). The van der Waals surface area contributed by atoms with Gasteiger partial charge in [-0.1, -0.05) is 24.0 Å². The number of anilines is 1. The Kier molecular flexibility index (Phi) is 4.70. The molecular formula is C17H15FN2O. The van der Waals surface area contributed by atoms with Crippen LogP contribution < -0.4 is 11.1 Å². The third kappa shape index (κ3) is 3.91. The van der Waals surface area contributed by atoms with Crippen molar-refractivity contribution in [2.45, 2.75) is 6.92 Å². The first kappa shape index (κ1) is 14.8. The Morgan fingerprint density at radius 2 is 2.10 bits per heavy atom. The zero-order chi connectivity index (χ0) is 15.2. The highest BCUT2D eigenvalue weighted by atomic mass is 19.1. The van der Waals surface area contributed by atoms with E-state index in [9.17, 15) is 9.18 Å². The number of hydrogen-bond acceptors (Lipinski definition) is 2. The molecule has 0 saturated carbocycles. The molecule has 0 unspecified atom stereocenters. The smallest absolute Gasteiger partial charge is 0.255 e. The van der Waals surface area contributed by atoms with Crippen LogP contribution in [-0.2, 0) is 0 Å². The summed E-state index contributed by atoms with van der Waals surface area (Å²) in [5, 5.41) is 2.70. The number of carbonyl (C=O) groups is 1. The van der Waals surface area contributed by atoms with Gasteiger partial charge >= 0.3 is 0 Å².